The van der Waals surface area contributed by atoms with Gasteiger partial charge in [-0.2, -0.15) is 0 Å². The van der Waals surface area contributed by atoms with Crippen LogP contribution >= 0.6 is 0 Å². The third kappa shape index (κ3) is 3.67. The normalized spacial score (nSPS) is 11.2. The van der Waals surface area contributed by atoms with Crippen LogP contribution in [0.1, 0.15) is 0 Å². The molecule has 0 aliphatic heterocycles. The first kappa shape index (κ1) is 21.2. The molecule has 5 aromatic carbocycles. The van der Waals surface area contributed by atoms with E-state index in [9.17, 15) is 0 Å². The maximum absolute atomic E-state index is 4.99. The fourth-order valence-corrected chi connectivity index (χ4v) is 4.97. The van der Waals surface area contributed by atoms with Gasteiger partial charge in [0, 0.05) is 27.5 Å². The van der Waals surface area contributed by atoms with E-state index in [1.165, 1.54) is 10.8 Å². The first-order chi connectivity index (χ1) is 18.4. The van der Waals surface area contributed by atoms with E-state index in [1.54, 1.807) is 0 Å². The van der Waals surface area contributed by atoms with Crippen LogP contribution in [-0.4, -0.2) is 19.5 Å². The van der Waals surface area contributed by atoms with Crippen LogP contribution in [0.4, 0.5) is 0 Å². The molecule has 4 nitrogen and oxygen atoms in total. The van der Waals surface area contributed by atoms with E-state index >= 15 is 0 Å². The van der Waals surface area contributed by atoms with Gasteiger partial charge in [0.05, 0.1) is 16.7 Å². The standard InChI is InChI=1S/C33H22N4/c1-3-13-23(14-4-1)31-34-32(24-15-5-2-6-16-24)36-33(35-31)27-19-9-12-22-30(27)37-28-20-10-7-17-25(28)26-18-8-11-21-29(26)37/h1-22H. The second kappa shape index (κ2) is 8.85. The predicted molar refractivity (Wildman–Crippen MR) is 150 cm³/mol. The van der Waals surface area contributed by atoms with E-state index in [0.717, 1.165) is 33.4 Å². The quantitative estimate of drug-likeness (QED) is 0.260. The number of rotatable bonds is 4. The molecule has 0 N–H and O–H groups in total. The third-order valence-corrected chi connectivity index (χ3v) is 6.67. The highest BCUT2D eigenvalue weighted by atomic mass is 15.0. The van der Waals surface area contributed by atoms with Crippen molar-refractivity contribution in [2.45, 2.75) is 0 Å². The Hall–Kier alpha value is -5.09. The SMILES string of the molecule is c1ccc(-c2nc(-c3ccccc3)nc(-c3ccccc3-n3c4ccccc4c4ccccc43)n2)cc1. The lowest BCUT2D eigenvalue weighted by molar-refractivity contribution is 1.06. The second-order valence-electron chi connectivity index (χ2n) is 8.93. The van der Waals surface area contributed by atoms with Crippen molar-refractivity contribution in [3.63, 3.8) is 0 Å². The Morgan fingerprint density at radius 1 is 0.378 bits per heavy atom. The topological polar surface area (TPSA) is 43.6 Å². The molecule has 0 radical (unpaired) electrons. The fourth-order valence-electron chi connectivity index (χ4n) is 4.97. The summed E-state index contributed by atoms with van der Waals surface area (Å²) in [6.45, 7) is 0. The van der Waals surface area contributed by atoms with Crippen molar-refractivity contribution in [2.24, 2.45) is 0 Å². The number of hydrogen-bond acceptors (Lipinski definition) is 3. The van der Waals surface area contributed by atoms with Crippen molar-refractivity contribution >= 4 is 21.8 Å². The van der Waals surface area contributed by atoms with Gasteiger partial charge >= 0.3 is 0 Å². The molecule has 0 aliphatic carbocycles. The Morgan fingerprint density at radius 2 is 0.811 bits per heavy atom. The zero-order chi connectivity index (χ0) is 24.6. The van der Waals surface area contributed by atoms with Crippen molar-refractivity contribution in [1.29, 1.82) is 0 Å². The molecular weight excluding hydrogens is 452 g/mol. The molecule has 0 atom stereocenters. The molecule has 0 fully saturated rings. The lowest BCUT2D eigenvalue weighted by Crippen LogP contribution is -2.03. The molecule has 0 spiro atoms. The highest BCUT2D eigenvalue weighted by Gasteiger charge is 2.18. The molecule has 0 aliphatic rings. The lowest BCUT2D eigenvalue weighted by Gasteiger charge is -2.14. The number of para-hydroxylation sites is 3. The van der Waals surface area contributed by atoms with Crippen molar-refractivity contribution in [3.8, 4) is 39.9 Å². The summed E-state index contributed by atoms with van der Waals surface area (Å²) in [6.07, 6.45) is 0. The minimum Gasteiger partial charge on any atom is -0.309 e. The molecule has 174 valence electrons. The summed E-state index contributed by atoms with van der Waals surface area (Å²) in [5.41, 5.74) is 6.19. The van der Waals surface area contributed by atoms with Crippen LogP contribution in [-0.2, 0) is 0 Å². The van der Waals surface area contributed by atoms with Crippen LogP contribution < -0.4 is 0 Å². The van der Waals surface area contributed by atoms with E-state index in [2.05, 4.69) is 71.3 Å². The van der Waals surface area contributed by atoms with Crippen molar-refractivity contribution < 1.29 is 0 Å². The van der Waals surface area contributed by atoms with Gasteiger partial charge in [-0.3, -0.25) is 0 Å². The van der Waals surface area contributed by atoms with E-state index in [0.29, 0.717) is 17.5 Å². The van der Waals surface area contributed by atoms with Gasteiger partial charge in [0.2, 0.25) is 0 Å². The lowest BCUT2D eigenvalue weighted by atomic mass is 10.1. The van der Waals surface area contributed by atoms with Gasteiger partial charge < -0.3 is 4.57 Å². The molecule has 37 heavy (non-hydrogen) atoms. The van der Waals surface area contributed by atoms with Crippen LogP contribution in [0, 0.1) is 0 Å². The predicted octanol–water partition coefficient (Wildman–Crippen LogP) is 7.97. The molecule has 7 aromatic rings. The molecule has 0 saturated heterocycles. The van der Waals surface area contributed by atoms with Crippen LogP contribution in [0.25, 0.3) is 61.7 Å². The Balaban J connectivity index is 1.52. The molecule has 4 heteroatoms. The average molecular weight is 475 g/mol. The molecule has 2 aromatic heterocycles. The zero-order valence-electron chi connectivity index (χ0n) is 20.0. The Morgan fingerprint density at radius 3 is 1.38 bits per heavy atom. The van der Waals surface area contributed by atoms with Gasteiger partial charge in [-0.05, 0) is 24.3 Å². The van der Waals surface area contributed by atoms with Gasteiger partial charge in [0.15, 0.2) is 17.5 Å². The Labute approximate surface area is 214 Å². The van der Waals surface area contributed by atoms with Gasteiger partial charge in [-0.15, -0.1) is 0 Å². The summed E-state index contributed by atoms with van der Waals surface area (Å²) in [4.78, 5) is 14.9. The average Bonchev–Trinajstić information content (AvgIpc) is 3.32. The number of benzene rings is 5. The largest absolute Gasteiger partial charge is 0.309 e. The number of nitrogens with zero attached hydrogens (tertiary/aromatic N) is 4. The molecule has 0 bridgehead atoms. The minimum atomic E-state index is 0.644. The van der Waals surface area contributed by atoms with E-state index in [4.69, 9.17) is 15.0 Å². The summed E-state index contributed by atoms with van der Waals surface area (Å²) in [5, 5.41) is 2.44. The first-order valence-corrected chi connectivity index (χ1v) is 12.3. The van der Waals surface area contributed by atoms with Gasteiger partial charge in [-0.25, -0.2) is 15.0 Å². The van der Waals surface area contributed by atoms with Crippen LogP contribution in [0.2, 0.25) is 0 Å². The van der Waals surface area contributed by atoms with Crippen molar-refractivity contribution in [2.75, 3.05) is 0 Å². The summed E-state index contributed by atoms with van der Waals surface area (Å²) >= 11 is 0. The van der Waals surface area contributed by atoms with Gasteiger partial charge in [-0.1, -0.05) is 109 Å². The minimum absolute atomic E-state index is 0.644. The molecule has 7 rings (SSSR count). The molecular formula is C33H22N4. The van der Waals surface area contributed by atoms with Crippen LogP contribution in [0.5, 0.6) is 0 Å². The molecule has 2 heterocycles. The summed E-state index contributed by atoms with van der Waals surface area (Å²) in [5.74, 6) is 1.95. The van der Waals surface area contributed by atoms with E-state index in [-0.39, 0.29) is 0 Å². The maximum Gasteiger partial charge on any atom is 0.166 e. The van der Waals surface area contributed by atoms with E-state index < -0.39 is 0 Å². The third-order valence-electron chi connectivity index (χ3n) is 6.67. The summed E-state index contributed by atoms with van der Waals surface area (Å²) < 4.78 is 2.31. The number of fused-ring (bicyclic) bond motifs is 3. The Bertz CT molecular complexity index is 1760. The molecule has 0 unspecified atom stereocenters. The zero-order valence-corrected chi connectivity index (χ0v) is 20.0. The first-order valence-electron chi connectivity index (χ1n) is 12.3. The maximum atomic E-state index is 4.99. The highest BCUT2D eigenvalue weighted by molar-refractivity contribution is 6.09. The fraction of sp³-hybridized carbons (Fsp3) is 0. The van der Waals surface area contributed by atoms with Crippen molar-refractivity contribution in [3.05, 3.63) is 133 Å². The monoisotopic (exact) mass is 474 g/mol. The van der Waals surface area contributed by atoms with E-state index in [1.807, 2.05) is 66.7 Å². The highest BCUT2D eigenvalue weighted by Crippen LogP contribution is 2.35. The van der Waals surface area contributed by atoms with Gasteiger partial charge in [0.1, 0.15) is 0 Å². The van der Waals surface area contributed by atoms with Crippen molar-refractivity contribution in [1.82, 2.24) is 19.5 Å². The van der Waals surface area contributed by atoms with Crippen LogP contribution in [0.3, 0.4) is 0 Å². The molecule has 0 saturated carbocycles. The summed E-state index contributed by atoms with van der Waals surface area (Å²) in [7, 11) is 0. The summed E-state index contributed by atoms with van der Waals surface area (Å²) in [6, 6.07) is 45.6. The smallest absolute Gasteiger partial charge is 0.166 e. The second-order valence-corrected chi connectivity index (χ2v) is 8.93. The number of aromatic nitrogens is 4. The Kier molecular flexibility index (Phi) is 5.07. The number of hydrogen-bond donors (Lipinski definition) is 0. The van der Waals surface area contributed by atoms with Gasteiger partial charge in [0.25, 0.3) is 0 Å². The van der Waals surface area contributed by atoms with Crippen LogP contribution in [0.15, 0.2) is 133 Å². The molecule has 0 amide bonds.